The average molecular weight is 347 g/mol. The Bertz CT molecular complexity index is 467. The van der Waals surface area contributed by atoms with E-state index in [2.05, 4.69) is 21.2 Å². The SMILES string of the molecule is O=C(O)C1CCCC1CNCc1cc(Cl)ccc1Br. The highest BCUT2D eigenvalue weighted by atomic mass is 79.9. The van der Waals surface area contributed by atoms with E-state index in [0.29, 0.717) is 11.6 Å². The van der Waals surface area contributed by atoms with E-state index in [1.807, 2.05) is 18.2 Å². The van der Waals surface area contributed by atoms with Crippen LogP contribution in [0.3, 0.4) is 0 Å². The van der Waals surface area contributed by atoms with Gasteiger partial charge in [-0.05, 0) is 49.1 Å². The van der Waals surface area contributed by atoms with Crippen LogP contribution in [0.25, 0.3) is 0 Å². The van der Waals surface area contributed by atoms with Gasteiger partial charge in [-0.15, -0.1) is 0 Å². The Morgan fingerprint density at radius 2 is 2.26 bits per heavy atom. The minimum absolute atomic E-state index is 0.185. The number of aliphatic carboxylic acids is 1. The van der Waals surface area contributed by atoms with Crippen LogP contribution in [0.2, 0.25) is 5.02 Å². The average Bonchev–Trinajstić information content (AvgIpc) is 2.82. The van der Waals surface area contributed by atoms with Gasteiger partial charge >= 0.3 is 5.97 Å². The maximum atomic E-state index is 11.1. The Balaban J connectivity index is 1.86. The van der Waals surface area contributed by atoms with E-state index < -0.39 is 5.97 Å². The Morgan fingerprint density at radius 3 is 3.00 bits per heavy atom. The van der Waals surface area contributed by atoms with Gasteiger partial charge in [-0.1, -0.05) is 34.0 Å². The molecule has 0 aliphatic heterocycles. The summed E-state index contributed by atoms with van der Waals surface area (Å²) in [6.45, 7) is 1.44. The van der Waals surface area contributed by atoms with Gasteiger partial charge in [-0.25, -0.2) is 0 Å². The molecule has 0 radical (unpaired) electrons. The zero-order valence-corrected chi connectivity index (χ0v) is 12.9. The topological polar surface area (TPSA) is 49.3 Å². The molecule has 0 heterocycles. The van der Waals surface area contributed by atoms with Crippen molar-refractivity contribution in [2.24, 2.45) is 11.8 Å². The van der Waals surface area contributed by atoms with Crippen LogP contribution in [0.5, 0.6) is 0 Å². The summed E-state index contributed by atoms with van der Waals surface area (Å²) in [5.41, 5.74) is 1.09. The number of carboxylic acid groups (broad SMARTS) is 1. The summed E-state index contributed by atoms with van der Waals surface area (Å²) in [4.78, 5) is 11.1. The van der Waals surface area contributed by atoms with Gasteiger partial charge in [0.1, 0.15) is 0 Å². The molecule has 2 rings (SSSR count). The summed E-state index contributed by atoms with van der Waals surface area (Å²) in [5.74, 6) is -0.598. The van der Waals surface area contributed by atoms with E-state index in [9.17, 15) is 4.79 Å². The van der Waals surface area contributed by atoms with Crippen LogP contribution in [0, 0.1) is 11.8 Å². The number of hydrogen-bond acceptors (Lipinski definition) is 2. The Labute approximate surface area is 126 Å². The second-order valence-corrected chi connectivity index (χ2v) is 6.29. The molecule has 104 valence electrons. The molecule has 1 fully saturated rings. The van der Waals surface area contributed by atoms with Crippen LogP contribution in [-0.4, -0.2) is 17.6 Å². The molecule has 0 amide bonds. The van der Waals surface area contributed by atoms with Crippen LogP contribution in [0.4, 0.5) is 0 Å². The molecule has 1 aromatic rings. The van der Waals surface area contributed by atoms with E-state index in [0.717, 1.165) is 35.8 Å². The molecule has 0 bridgehead atoms. The number of carboxylic acids is 1. The van der Waals surface area contributed by atoms with E-state index in [4.69, 9.17) is 16.7 Å². The monoisotopic (exact) mass is 345 g/mol. The summed E-state index contributed by atoms with van der Waals surface area (Å²) in [7, 11) is 0. The van der Waals surface area contributed by atoms with Gasteiger partial charge in [0.2, 0.25) is 0 Å². The highest BCUT2D eigenvalue weighted by Gasteiger charge is 2.32. The zero-order chi connectivity index (χ0) is 13.8. The molecule has 0 aromatic heterocycles. The third kappa shape index (κ3) is 3.94. The number of benzene rings is 1. The summed E-state index contributed by atoms with van der Waals surface area (Å²) < 4.78 is 1.02. The van der Waals surface area contributed by atoms with E-state index in [1.165, 1.54) is 0 Å². The maximum absolute atomic E-state index is 11.1. The van der Waals surface area contributed by atoms with E-state index in [-0.39, 0.29) is 11.8 Å². The first kappa shape index (κ1) is 14.8. The van der Waals surface area contributed by atoms with Crippen LogP contribution >= 0.6 is 27.5 Å². The highest BCUT2D eigenvalue weighted by Crippen LogP contribution is 2.31. The van der Waals surface area contributed by atoms with E-state index in [1.54, 1.807) is 0 Å². The molecule has 1 aromatic carbocycles. The number of nitrogens with one attached hydrogen (secondary N) is 1. The van der Waals surface area contributed by atoms with Crippen LogP contribution in [-0.2, 0) is 11.3 Å². The van der Waals surface area contributed by atoms with Gasteiger partial charge in [-0.2, -0.15) is 0 Å². The summed E-state index contributed by atoms with van der Waals surface area (Å²) in [5, 5.41) is 13.2. The summed E-state index contributed by atoms with van der Waals surface area (Å²) >= 11 is 9.45. The predicted octanol–water partition coefficient (Wildman–Crippen LogP) is 3.69. The van der Waals surface area contributed by atoms with Crippen molar-refractivity contribution < 1.29 is 9.90 Å². The molecule has 5 heteroatoms. The van der Waals surface area contributed by atoms with E-state index >= 15 is 0 Å². The first-order chi connectivity index (χ1) is 9.08. The Hall–Kier alpha value is -0.580. The molecule has 1 aliphatic carbocycles. The third-order valence-corrected chi connectivity index (χ3v) is 4.71. The number of rotatable bonds is 5. The molecule has 3 nitrogen and oxygen atoms in total. The van der Waals surface area contributed by atoms with Gasteiger partial charge in [-0.3, -0.25) is 4.79 Å². The van der Waals surface area contributed by atoms with Crippen molar-refractivity contribution in [1.82, 2.24) is 5.32 Å². The minimum atomic E-state index is -0.659. The lowest BCUT2D eigenvalue weighted by Gasteiger charge is -2.16. The fourth-order valence-electron chi connectivity index (χ4n) is 2.68. The largest absolute Gasteiger partial charge is 0.481 e. The van der Waals surface area contributed by atoms with Crippen LogP contribution in [0.1, 0.15) is 24.8 Å². The van der Waals surface area contributed by atoms with Crippen molar-refractivity contribution in [2.45, 2.75) is 25.8 Å². The second kappa shape index (κ2) is 6.73. The van der Waals surface area contributed by atoms with Crippen molar-refractivity contribution >= 4 is 33.5 Å². The predicted molar refractivity (Wildman–Crippen MR) is 79.3 cm³/mol. The quantitative estimate of drug-likeness (QED) is 0.855. The highest BCUT2D eigenvalue weighted by molar-refractivity contribution is 9.10. The lowest BCUT2D eigenvalue weighted by atomic mass is 9.96. The molecule has 2 atom stereocenters. The third-order valence-electron chi connectivity index (χ3n) is 3.71. The molecule has 1 saturated carbocycles. The van der Waals surface area contributed by atoms with Crippen molar-refractivity contribution in [3.05, 3.63) is 33.3 Å². The van der Waals surface area contributed by atoms with Gasteiger partial charge in [0.15, 0.2) is 0 Å². The molecule has 1 aliphatic rings. The van der Waals surface area contributed by atoms with Crippen LogP contribution < -0.4 is 5.32 Å². The molecular weight excluding hydrogens is 330 g/mol. The van der Waals surface area contributed by atoms with Crippen molar-refractivity contribution in [3.63, 3.8) is 0 Å². The molecule has 2 N–H and O–H groups in total. The van der Waals surface area contributed by atoms with Crippen molar-refractivity contribution in [1.29, 1.82) is 0 Å². The molecule has 2 unspecified atom stereocenters. The Kier molecular flexibility index (Phi) is 5.25. The van der Waals surface area contributed by atoms with Crippen molar-refractivity contribution in [3.8, 4) is 0 Å². The summed E-state index contributed by atoms with van der Waals surface area (Å²) in [6.07, 6.45) is 2.83. The molecule has 0 spiro atoms. The fraction of sp³-hybridized carbons (Fsp3) is 0.500. The first-order valence-corrected chi connectivity index (χ1v) is 7.62. The van der Waals surface area contributed by atoms with Crippen LogP contribution in [0.15, 0.2) is 22.7 Å². The molecule has 0 saturated heterocycles. The van der Waals surface area contributed by atoms with Gasteiger partial charge in [0.05, 0.1) is 5.92 Å². The van der Waals surface area contributed by atoms with Gasteiger partial charge in [0, 0.05) is 16.0 Å². The number of carbonyl (C=O) groups is 1. The second-order valence-electron chi connectivity index (χ2n) is 5.00. The molecule has 19 heavy (non-hydrogen) atoms. The number of halogens is 2. The smallest absolute Gasteiger partial charge is 0.306 e. The maximum Gasteiger partial charge on any atom is 0.306 e. The first-order valence-electron chi connectivity index (χ1n) is 6.45. The number of hydrogen-bond donors (Lipinski definition) is 2. The van der Waals surface area contributed by atoms with Gasteiger partial charge < -0.3 is 10.4 Å². The fourth-order valence-corrected chi connectivity index (χ4v) is 3.26. The standard InChI is InChI=1S/C14H17BrClNO2/c15-13-5-4-11(16)6-10(13)8-17-7-9-2-1-3-12(9)14(18)19/h4-6,9,12,17H,1-3,7-8H2,(H,18,19). The zero-order valence-electron chi connectivity index (χ0n) is 10.5. The lowest BCUT2D eigenvalue weighted by Crippen LogP contribution is -2.28. The lowest BCUT2D eigenvalue weighted by molar-refractivity contribution is -0.142. The Morgan fingerprint density at radius 1 is 1.47 bits per heavy atom. The van der Waals surface area contributed by atoms with Gasteiger partial charge in [0.25, 0.3) is 0 Å². The normalized spacial score (nSPS) is 22.6. The minimum Gasteiger partial charge on any atom is -0.481 e. The van der Waals surface area contributed by atoms with Crippen molar-refractivity contribution in [2.75, 3.05) is 6.54 Å². The summed E-state index contributed by atoms with van der Waals surface area (Å²) in [6, 6.07) is 5.68. The molecular formula is C14H17BrClNO2.